The Bertz CT molecular complexity index is 1040. The maximum atomic E-state index is 6.17. The molecule has 126 valence electrons. The number of H-pyrrole nitrogens is 1. The topological polar surface area (TPSA) is 46.5 Å². The lowest BCUT2D eigenvalue weighted by atomic mass is 9.92. The van der Waals surface area contributed by atoms with Crippen molar-refractivity contribution in [2.75, 3.05) is 0 Å². The zero-order valence-corrected chi connectivity index (χ0v) is 15.2. The van der Waals surface area contributed by atoms with Crippen LogP contribution >= 0.6 is 11.6 Å². The first-order valence-corrected chi connectivity index (χ1v) is 8.62. The minimum absolute atomic E-state index is 0.109. The highest BCUT2D eigenvalue weighted by Crippen LogP contribution is 2.32. The minimum Gasteiger partial charge on any atom is -0.335 e. The number of nitrogens with zero attached hydrogens (tertiary/aromatic N) is 3. The van der Waals surface area contributed by atoms with Crippen LogP contribution in [-0.4, -0.2) is 19.7 Å². The van der Waals surface area contributed by atoms with Crippen molar-refractivity contribution in [3.63, 3.8) is 0 Å². The fourth-order valence-corrected chi connectivity index (χ4v) is 3.11. The number of aromatic amines is 1. The van der Waals surface area contributed by atoms with Gasteiger partial charge in [0, 0.05) is 16.0 Å². The van der Waals surface area contributed by atoms with Gasteiger partial charge in [0.25, 0.3) is 0 Å². The van der Waals surface area contributed by atoms with E-state index in [1.54, 1.807) is 0 Å². The molecule has 0 aliphatic carbocycles. The fourth-order valence-electron chi connectivity index (χ4n) is 2.93. The smallest absolute Gasteiger partial charge is 0.181 e. The van der Waals surface area contributed by atoms with Crippen molar-refractivity contribution in [1.82, 2.24) is 19.7 Å². The third-order valence-electron chi connectivity index (χ3n) is 4.13. The molecule has 0 saturated heterocycles. The number of fused-ring (bicyclic) bond motifs is 1. The number of hydrogen-bond acceptors (Lipinski definition) is 2. The Morgan fingerprint density at radius 3 is 2.44 bits per heavy atom. The average Bonchev–Trinajstić information content (AvgIpc) is 3.14. The quantitative estimate of drug-likeness (QED) is 0.528. The summed E-state index contributed by atoms with van der Waals surface area (Å²) in [6, 6.07) is 17.8. The molecule has 0 unspecified atom stereocenters. The van der Waals surface area contributed by atoms with Crippen molar-refractivity contribution in [3.8, 4) is 17.1 Å². The SMILES string of the molecule is CC(C)(C)c1nn(-c2cccc(Cl)c2)c2nc(-c3ccccc3)[nH]c12. The standard InChI is InChI=1S/C20H19ClN4/c1-20(2,3)17-16-19(23-18(22-16)13-8-5-4-6-9-13)25(24-17)15-11-7-10-14(21)12-15/h4-12H,1-3H3,(H,22,23). The summed E-state index contributed by atoms with van der Waals surface area (Å²) < 4.78 is 1.87. The number of hydrogen-bond donors (Lipinski definition) is 1. The van der Waals surface area contributed by atoms with E-state index in [1.807, 2.05) is 59.3 Å². The second-order valence-corrected chi connectivity index (χ2v) is 7.58. The molecule has 0 aliphatic heterocycles. The first-order valence-electron chi connectivity index (χ1n) is 8.24. The van der Waals surface area contributed by atoms with Crippen molar-refractivity contribution >= 4 is 22.8 Å². The Morgan fingerprint density at radius 2 is 1.76 bits per heavy atom. The normalized spacial score (nSPS) is 12.0. The lowest BCUT2D eigenvalue weighted by molar-refractivity contribution is 0.563. The summed E-state index contributed by atoms with van der Waals surface area (Å²) in [4.78, 5) is 8.29. The van der Waals surface area contributed by atoms with E-state index in [1.165, 1.54) is 0 Å². The lowest BCUT2D eigenvalue weighted by Gasteiger charge is -2.15. The van der Waals surface area contributed by atoms with Crippen molar-refractivity contribution in [1.29, 1.82) is 0 Å². The molecule has 0 atom stereocenters. The van der Waals surface area contributed by atoms with Crippen molar-refractivity contribution in [2.24, 2.45) is 0 Å². The maximum Gasteiger partial charge on any atom is 0.181 e. The molecule has 2 heterocycles. The predicted molar refractivity (Wildman–Crippen MR) is 102 cm³/mol. The average molecular weight is 351 g/mol. The Morgan fingerprint density at radius 1 is 1.00 bits per heavy atom. The number of halogens is 1. The van der Waals surface area contributed by atoms with Crippen LogP contribution in [-0.2, 0) is 5.41 Å². The molecule has 0 spiro atoms. The van der Waals surface area contributed by atoms with Crippen LogP contribution in [0.25, 0.3) is 28.2 Å². The Hall–Kier alpha value is -2.59. The van der Waals surface area contributed by atoms with Crippen molar-refractivity contribution in [3.05, 3.63) is 65.3 Å². The van der Waals surface area contributed by atoms with Gasteiger partial charge in [-0.05, 0) is 18.2 Å². The van der Waals surface area contributed by atoms with E-state index in [-0.39, 0.29) is 5.41 Å². The molecule has 1 N–H and O–H groups in total. The van der Waals surface area contributed by atoms with E-state index in [0.717, 1.165) is 33.9 Å². The van der Waals surface area contributed by atoms with E-state index >= 15 is 0 Å². The van der Waals surface area contributed by atoms with Gasteiger partial charge in [-0.3, -0.25) is 0 Å². The van der Waals surface area contributed by atoms with Crippen LogP contribution in [0.15, 0.2) is 54.6 Å². The molecule has 0 saturated carbocycles. The van der Waals surface area contributed by atoms with Gasteiger partial charge in [0.1, 0.15) is 11.3 Å². The molecule has 5 heteroatoms. The Balaban J connectivity index is 1.99. The van der Waals surface area contributed by atoms with Gasteiger partial charge in [-0.25, -0.2) is 9.67 Å². The summed E-state index contributed by atoms with van der Waals surface area (Å²) >= 11 is 6.17. The van der Waals surface area contributed by atoms with Crippen LogP contribution in [0.5, 0.6) is 0 Å². The third-order valence-corrected chi connectivity index (χ3v) is 4.37. The van der Waals surface area contributed by atoms with Gasteiger partial charge in [0.05, 0.1) is 11.4 Å². The molecule has 0 radical (unpaired) electrons. The number of aromatic nitrogens is 4. The predicted octanol–water partition coefficient (Wildman–Crippen LogP) is 5.37. The highest BCUT2D eigenvalue weighted by molar-refractivity contribution is 6.30. The third kappa shape index (κ3) is 2.83. The highest BCUT2D eigenvalue weighted by atomic mass is 35.5. The van der Waals surface area contributed by atoms with Gasteiger partial charge in [0.15, 0.2) is 5.65 Å². The maximum absolute atomic E-state index is 6.17. The first kappa shape index (κ1) is 15.9. The van der Waals surface area contributed by atoms with Crippen molar-refractivity contribution < 1.29 is 0 Å². The molecule has 2 aromatic carbocycles. The van der Waals surface area contributed by atoms with Crippen molar-refractivity contribution in [2.45, 2.75) is 26.2 Å². The van der Waals surface area contributed by atoms with Crippen LogP contribution in [0.4, 0.5) is 0 Å². The summed E-state index contributed by atoms with van der Waals surface area (Å²) in [5.41, 5.74) is 4.60. The van der Waals surface area contributed by atoms with Crippen LogP contribution in [0, 0.1) is 0 Å². The fraction of sp³-hybridized carbons (Fsp3) is 0.200. The van der Waals surface area contributed by atoms with Gasteiger partial charge in [-0.15, -0.1) is 0 Å². The molecule has 0 amide bonds. The van der Waals surface area contributed by atoms with Gasteiger partial charge in [0.2, 0.25) is 0 Å². The van der Waals surface area contributed by atoms with Gasteiger partial charge < -0.3 is 4.98 Å². The van der Waals surface area contributed by atoms with E-state index < -0.39 is 0 Å². The van der Waals surface area contributed by atoms with Crippen LogP contribution in [0.2, 0.25) is 5.02 Å². The van der Waals surface area contributed by atoms with Crippen LogP contribution in [0.1, 0.15) is 26.5 Å². The summed E-state index contributed by atoms with van der Waals surface area (Å²) in [5.74, 6) is 0.842. The molecule has 25 heavy (non-hydrogen) atoms. The van der Waals surface area contributed by atoms with E-state index in [9.17, 15) is 0 Å². The molecule has 0 bridgehead atoms. The number of benzene rings is 2. The van der Waals surface area contributed by atoms with Gasteiger partial charge in [-0.1, -0.05) is 68.8 Å². The molecule has 4 nitrogen and oxygen atoms in total. The lowest BCUT2D eigenvalue weighted by Crippen LogP contribution is -2.13. The van der Waals surface area contributed by atoms with Crippen LogP contribution in [0.3, 0.4) is 0 Å². The molecule has 2 aromatic heterocycles. The Kier molecular flexibility index (Phi) is 3.65. The second kappa shape index (κ2) is 5.74. The van der Waals surface area contributed by atoms with E-state index in [2.05, 4.69) is 25.8 Å². The second-order valence-electron chi connectivity index (χ2n) is 7.14. The number of nitrogens with one attached hydrogen (secondary N) is 1. The number of rotatable bonds is 2. The molecule has 4 rings (SSSR count). The summed E-state index contributed by atoms with van der Waals surface area (Å²) in [7, 11) is 0. The molecule has 4 aromatic rings. The molecular formula is C20H19ClN4. The summed E-state index contributed by atoms with van der Waals surface area (Å²) in [6.07, 6.45) is 0. The zero-order chi connectivity index (χ0) is 17.6. The summed E-state index contributed by atoms with van der Waals surface area (Å²) in [6.45, 7) is 6.46. The number of imidazole rings is 1. The molecule has 0 aliphatic rings. The van der Waals surface area contributed by atoms with Crippen LogP contribution < -0.4 is 0 Å². The zero-order valence-electron chi connectivity index (χ0n) is 14.4. The minimum atomic E-state index is -0.109. The first-order chi connectivity index (χ1) is 11.9. The van der Waals surface area contributed by atoms with Gasteiger partial charge in [-0.2, -0.15) is 5.10 Å². The summed E-state index contributed by atoms with van der Waals surface area (Å²) in [5, 5.41) is 5.51. The molecular weight excluding hydrogens is 332 g/mol. The Labute approximate surface area is 151 Å². The molecule has 0 fully saturated rings. The monoisotopic (exact) mass is 350 g/mol. The van der Waals surface area contributed by atoms with Gasteiger partial charge >= 0.3 is 0 Å². The highest BCUT2D eigenvalue weighted by Gasteiger charge is 2.26. The largest absolute Gasteiger partial charge is 0.335 e. The van der Waals surface area contributed by atoms with E-state index in [4.69, 9.17) is 21.7 Å². The van der Waals surface area contributed by atoms with E-state index in [0.29, 0.717) is 5.02 Å².